The number of hydrogen-bond acceptors (Lipinski definition) is 4. The van der Waals surface area contributed by atoms with Gasteiger partial charge in [-0.1, -0.05) is 0 Å². The number of esters is 1. The fourth-order valence-corrected chi connectivity index (χ4v) is 1.92. The van der Waals surface area contributed by atoms with E-state index >= 15 is 0 Å². The Bertz CT molecular complexity index is 251. The summed E-state index contributed by atoms with van der Waals surface area (Å²) in [5.74, 6) is -0.103. The van der Waals surface area contributed by atoms with Crippen molar-refractivity contribution in [2.45, 2.75) is 44.8 Å². The molecule has 0 radical (unpaired) electrons. The molecule has 0 N–H and O–H groups in total. The Morgan fingerprint density at radius 2 is 2.00 bits per heavy atom. The largest absolute Gasteiger partial charge is 0.469 e. The van der Waals surface area contributed by atoms with Gasteiger partial charge in [-0.3, -0.25) is 4.79 Å². The Hall–Kier alpha value is -1.08. The van der Waals surface area contributed by atoms with Crippen LogP contribution in [0.3, 0.4) is 0 Å². The SMILES string of the molecule is COC(=O)C1CCC(OC(C)C#N)CC1. The third-order valence-electron chi connectivity index (χ3n) is 2.79. The molecule has 0 spiro atoms. The molecule has 84 valence electrons. The monoisotopic (exact) mass is 211 g/mol. The molecule has 0 heterocycles. The maximum absolute atomic E-state index is 11.2. The summed E-state index contributed by atoms with van der Waals surface area (Å²) in [6.45, 7) is 1.74. The van der Waals surface area contributed by atoms with Crippen molar-refractivity contribution in [1.82, 2.24) is 0 Å². The van der Waals surface area contributed by atoms with Gasteiger partial charge in [-0.2, -0.15) is 5.26 Å². The van der Waals surface area contributed by atoms with E-state index in [-0.39, 0.29) is 24.1 Å². The lowest BCUT2D eigenvalue weighted by Crippen LogP contribution is -2.28. The second-order valence-corrected chi connectivity index (χ2v) is 3.90. The maximum Gasteiger partial charge on any atom is 0.308 e. The average Bonchev–Trinajstić information content (AvgIpc) is 2.29. The number of carbonyl (C=O) groups is 1. The highest BCUT2D eigenvalue weighted by Gasteiger charge is 2.27. The van der Waals surface area contributed by atoms with Gasteiger partial charge in [0.05, 0.1) is 25.2 Å². The van der Waals surface area contributed by atoms with E-state index in [1.165, 1.54) is 7.11 Å². The number of nitriles is 1. The first-order valence-corrected chi connectivity index (χ1v) is 5.30. The van der Waals surface area contributed by atoms with E-state index in [1.54, 1.807) is 6.92 Å². The molecule has 0 aromatic heterocycles. The van der Waals surface area contributed by atoms with E-state index in [4.69, 9.17) is 14.7 Å². The molecule has 4 heteroatoms. The zero-order chi connectivity index (χ0) is 11.3. The Balaban J connectivity index is 2.30. The van der Waals surface area contributed by atoms with E-state index < -0.39 is 0 Å². The van der Waals surface area contributed by atoms with Gasteiger partial charge in [0.1, 0.15) is 6.10 Å². The third kappa shape index (κ3) is 3.52. The van der Waals surface area contributed by atoms with Crippen molar-refractivity contribution in [3.05, 3.63) is 0 Å². The quantitative estimate of drug-likeness (QED) is 0.666. The van der Waals surface area contributed by atoms with Crippen molar-refractivity contribution in [2.75, 3.05) is 7.11 Å². The van der Waals surface area contributed by atoms with Crippen molar-refractivity contribution in [3.63, 3.8) is 0 Å². The van der Waals surface area contributed by atoms with Crippen LogP contribution < -0.4 is 0 Å². The number of rotatable bonds is 3. The van der Waals surface area contributed by atoms with Crippen LogP contribution in [0.5, 0.6) is 0 Å². The molecule has 0 amide bonds. The van der Waals surface area contributed by atoms with Gasteiger partial charge in [0.2, 0.25) is 0 Å². The highest BCUT2D eigenvalue weighted by Crippen LogP contribution is 2.27. The van der Waals surface area contributed by atoms with Crippen LogP contribution in [0.1, 0.15) is 32.6 Å². The zero-order valence-corrected chi connectivity index (χ0v) is 9.23. The summed E-state index contributed by atoms with van der Waals surface area (Å²) < 4.78 is 10.2. The van der Waals surface area contributed by atoms with Gasteiger partial charge < -0.3 is 9.47 Å². The molecule has 0 aliphatic heterocycles. The van der Waals surface area contributed by atoms with Gasteiger partial charge >= 0.3 is 5.97 Å². The summed E-state index contributed by atoms with van der Waals surface area (Å²) in [6, 6.07) is 2.04. The number of carbonyl (C=O) groups excluding carboxylic acids is 1. The van der Waals surface area contributed by atoms with Crippen molar-refractivity contribution >= 4 is 5.97 Å². The first-order chi connectivity index (χ1) is 7.17. The second-order valence-electron chi connectivity index (χ2n) is 3.90. The van der Waals surface area contributed by atoms with Crippen molar-refractivity contribution < 1.29 is 14.3 Å². The van der Waals surface area contributed by atoms with Crippen LogP contribution in [0.4, 0.5) is 0 Å². The van der Waals surface area contributed by atoms with E-state index in [0.29, 0.717) is 0 Å². The first-order valence-electron chi connectivity index (χ1n) is 5.30. The predicted octanol–water partition coefficient (Wildman–Crippen LogP) is 1.65. The van der Waals surface area contributed by atoms with Gasteiger partial charge in [0, 0.05) is 0 Å². The number of ether oxygens (including phenoxy) is 2. The maximum atomic E-state index is 11.2. The minimum absolute atomic E-state index is 0.0206. The van der Waals surface area contributed by atoms with Crippen LogP contribution in [-0.4, -0.2) is 25.3 Å². The van der Waals surface area contributed by atoms with Gasteiger partial charge in [-0.15, -0.1) is 0 Å². The van der Waals surface area contributed by atoms with Crippen molar-refractivity contribution in [3.8, 4) is 6.07 Å². The van der Waals surface area contributed by atoms with Gasteiger partial charge in [-0.25, -0.2) is 0 Å². The number of nitrogens with zero attached hydrogens (tertiary/aromatic N) is 1. The molecular formula is C11H17NO3. The molecule has 4 nitrogen and oxygen atoms in total. The summed E-state index contributed by atoms with van der Waals surface area (Å²) in [6.07, 6.45) is 3.05. The van der Waals surface area contributed by atoms with E-state index in [9.17, 15) is 4.79 Å². The smallest absolute Gasteiger partial charge is 0.308 e. The molecule has 1 rings (SSSR count). The summed E-state index contributed by atoms with van der Waals surface area (Å²) in [4.78, 5) is 11.2. The van der Waals surface area contributed by atoms with E-state index in [0.717, 1.165) is 25.7 Å². The van der Waals surface area contributed by atoms with Crippen LogP contribution in [0.25, 0.3) is 0 Å². The average molecular weight is 211 g/mol. The molecule has 1 unspecified atom stereocenters. The Morgan fingerprint density at radius 1 is 1.40 bits per heavy atom. The van der Waals surface area contributed by atoms with E-state index in [1.807, 2.05) is 6.07 Å². The minimum Gasteiger partial charge on any atom is -0.469 e. The van der Waals surface area contributed by atoms with Crippen LogP contribution >= 0.6 is 0 Å². The molecule has 0 aromatic rings. The minimum atomic E-state index is -0.357. The van der Waals surface area contributed by atoms with Gasteiger partial charge in [0.15, 0.2) is 0 Å². The lowest BCUT2D eigenvalue weighted by Gasteiger charge is -2.27. The number of hydrogen-bond donors (Lipinski definition) is 0. The Morgan fingerprint density at radius 3 is 2.47 bits per heavy atom. The molecule has 1 atom stereocenters. The summed E-state index contributed by atoms with van der Waals surface area (Å²) in [5, 5.41) is 8.59. The molecule has 0 bridgehead atoms. The molecule has 15 heavy (non-hydrogen) atoms. The molecule has 0 saturated heterocycles. The molecule has 0 aromatic carbocycles. The van der Waals surface area contributed by atoms with Crippen LogP contribution in [0.2, 0.25) is 0 Å². The highest BCUT2D eigenvalue weighted by atomic mass is 16.5. The summed E-state index contributed by atoms with van der Waals surface area (Å²) >= 11 is 0. The normalized spacial score (nSPS) is 27.8. The first kappa shape index (κ1) is 12.0. The van der Waals surface area contributed by atoms with Gasteiger partial charge in [-0.05, 0) is 32.6 Å². The Labute approximate surface area is 90.2 Å². The number of methoxy groups -OCH3 is 1. The standard InChI is InChI=1S/C11H17NO3/c1-8(7-12)15-10-5-3-9(4-6-10)11(13)14-2/h8-10H,3-6H2,1-2H3. The lowest BCUT2D eigenvalue weighted by molar-refractivity contribution is -0.147. The third-order valence-corrected chi connectivity index (χ3v) is 2.79. The lowest BCUT2D eigenvalue weighted by atomic mass is 9.87. The fourth-order valence-electron chi connectivity index (χ4n) is 1.92. The predicted molar refractivity (Wildman–Crippen MR) is 53.9 cm³/mol. The van der Waals surface area contributed by atoms with Gasteiger partial charge in [0.25, 0.3) is 0 Å². The van der Waals surface area contributed by atoms with Crippen LogP contribution in [0, 0.1) is 17.2 Å². The molecule has 1 aliphatic carbocycles. The van der Waals surface area contributed by atoms with Crippen molar-refractivity contribution in [1.29, 1.82) is 5.26 Å². The molecule has 1 aliphatic rings. The molecule has 1 fully saturated rings. The van der Waals surface area contributed by atoms with E-state index in [2.05, 4.69) is 0 Å². The topological polar surface area (TPSA) is 59.3 Å². The molecular weight excluding hydrogens is 194 g/mol. The fraction of sp³-hybridized carbons (Fsp3) is 0.818. The van der Waals surface area contributed by atoms with Crippen molar-refractivity contribution in [2.24, 2.45) is 5.92 Å². The summed E-state index contributed by atoms with van der Waals surface area (Å²) in [5.41, 5.74) is 0. The van der Waals surface area contributed by atoms with Crippen LogP contribution in [0.15, 0.2) is 0 Å². The summed E-state index contributed by atoms with van der Waals surface area (Å²) in [7, 11) is 1.42. The second kappa shape index (κ2) is 5.72. The Kier molecular flexibility index (Phi) is 4.57. The van der Waals surface area contributed by atoms with Crippen LogP contribution in [-0.2, 0) is 14.3 Å². The molecule has 1 saturated carbocycles. The zero-order valence-electron chi connectivity index (χ0n) is 9.23. The highest BCUT2D eigenvalue weighted by molar-refractivity contribution is 5.72.